The molecule has 148 valence electrons. The average molecular weight is 389 g/mol. The van der Waals surface area contributed by atoms with Crippen molar-refractivity contribution in [2.75, 3.05) is 20.1 Å². The van der Waals surface area contributed by atoms with Crippen LogP contribution in [0.1, 0.15) is 29.6 Å². The van der Waals surface area contributed by atoms with Gasteiger partial charge in [-0.2, -0.15) is 13.2 Å². The summed E-state index contributed by atoms with van der Waals surface area (Å²) < 4.78 is 66.9. The summed E-state index contributed by atoms with van der Waals surface area (Å²) in [5.41, 5.74) is -0.999. The Morgan fingerprint density at radius 2 is 2.07 bits per heavy atom. The Hall–Kier alpha value is -2.00. The van der Waals surface area contributed by atoms with E-state index >= 15 is 0 Å². The summed E-state index contributed by atoms with van der Waals surface area (Å²) in [5.74, 6) is -0.823. The lowest BCUT2D eigenvalue weighted by atomic mass is 9.98. The van der Waals surface area contributed by atoms with Crippen LogP contribution in [0.2, 0.25) is 0 Å². The van der Waals surface area contributed by atoms with Gasteiger partial charge < -0.3 is 14.6 Å². The average Bonchev–Trinajstić information content (AvgIpc) is 3.00. The Morgan fingerprint density at radius 3 is 2.78 bits per heavy atom. The molecule has 2 heterocycles. The standard InChI is InChI=1S/C18H20F5N3O/c1-25(9-15(27)13-6-12(19)3-4-14(13)20)7-11-2-5-17-24-16(18(21,22)23)10-26(17)8-11/h3-4,6,10-11,15,27H,2,5,7-9H2,1H3/t11-,15+/m1/s1. The van der Waals surface area contributed by atoms with Crippen molar-refractivity contribution in [2.45, 2.75) is 31.7 Å². The molecule has 0 amide bonds. The lowest BCUT2D eigenvalue weighted by Crippen LogP contribution is -2.34. The molecule has 0 saturated heterocycles. The van der Waals surface area contributed by atoms with Crippen molar-refractivity contribution in [2.24, 2.45) is 5.92 Å². The Balaban J connectivity index is 1.59. The smallest absolute Gasteiger partial charge is 0.387 e. The van der Waals surface area contributed by atoms with Gasteiger partial charge in [-0.15, -0.1) is 0 Å². The molecule has 0 aliphatic carbocycles. The molecule has 1 aliphatic heterocycles. The zero-order valence-electron chi connectivity index (χ0n) is 14.7. The highest BCUT2D eigenvalue weighted by Crippen LogP contribution is 2.31. The van der Waals surface area contributed by atoms with E-state index in [1.807, 2.05) is 0 Å². The maximum absolute atomic E-state index is 13.7. The molecule has 1 aromatic carbocycles. The fourth-order valence-electron chi connectivity index (χ4n) is 3.48. The second-order valence-electron chi connectivity index (χ2n) is 7.00. The van der Waals surface area contributed by atoms with E-state index in [1.54, 1.807) is 11.9 Å². The van der Waals surface area contributed by atoms with Crippen molar-refractivity contribution in [1.82, 2.24) is 14.5 Å². The first-order valence-corrected chi connectivity index (χ1v) is 8.58. The molecule has 9 heteroatoms. The van der Waals surface area contributed by atoms with E-state index in [2.05, 4.69) is 4.98 Å². The molecule has 0 spiro atoms. The van der Waals surface area contributed by atoms with Crippen LogP contribution in [-0.2, 0) is 19.1 Å². The summed E-state index contributed by atoms with van der Waals surface area (Å²) in [6.07, 6.45) is -3.53. The Kier molecular flexibility index (Phi) is 5.53. The van der Waals surface area contributed by atoms with Crippen LogP contribution in [0.4, 0.5) is 22.0 Å². The minimum Gasteiger partial charge on any atom is -0.387 e. The van der Waals surface area contributed by atoms with Crippen molar-refractivity contribution < 1.29 is 27.1 Å². The summed E-state index contributed by atoms with van der Waals surface area (Å²) >= 11 is 0. The number of benzene rings is 1. The summed E-state index contributed by atoms with van der Waals surface area (Å²) in [6.45, 7) is 0.988. The van der Waals surface area contributed by atoms with Crippen molar-refractivity contribution in [3.05, 3.63) is 53.1 Å². The molecule has 0 radical (unpaired) electrons. The third-order valence-electron chi connectivity index (χ3n) is 4.75. The maximum Gasteiger partial charge on any atom is 0.434 e. The van der Waals surface area contributed by atoms with E-state index in [1.165, 1.54) is 4.57 Å². The molecule has 2 atom stereocenters. The van der Waals surface area contributed by atoms with E-state index < -0.39 is 29.6 Å². The van der Waals surface area contributed by atoms with Crippen LogP contribution in [0.3, 0.4) is 0 Å². The van der Waals surface area contributed by atoms with Gasteiger partial charge in [-0.1, -0.05) is 0 Å². The molecule has 0 fully saturated rings. The molecule has 27 heavy (non-hydrogen) atoms. The number of alkyl halides is 3. The van der Waals surface area contributed by atoms with E-state index in [4.69, 9.17) is 0 Å². The molecule has 1 aliphatic rings. The van der Waals surface area contributed by atoms with Gasteiger partial charge in [0, 0.05) is 37.8 Å². The zero-order valence-corrected chi connectivity index (χ0v) is 14.7. The number of likely N-dealkylation sites (N-methyl/N-ethyl adjacent to an activating group) is 1. The predicted octanol–water partition coefficient (Wildman–Crippen LogP) is 3.41. The van der Waals surface area contributed by atoms with E-state index in [9.17, 15) is 27.1 Å². The van der Waals surface area contributed by atoms with E-state index in [-0.39, 0.29) is 18.0 Å². The van der Waals surface area contributed by atoms with Gasteiger partial charge in [-0.05, 0) is 37.6 Å². The number of hydrogen-bond acceptors (Lipinski definition) is 3. The number of aryl methyl sites for hydroxylation is 1. The normalized spacial score (nSPS) is 18.6. The lowest BCUT2D eigenvalue weighted by molar-refractivity contribution is -0.141. The van der Waals surface area contributed by atoms with Crippen LogP contribution in [-0.4, -0.2) is 39.7 Å². The molecular weight excluding hydrogens is 369 g/mol. The number of fused-ring (bicyclic) bond motifs is 1. The molecule has 1 aromatic heterocycles. The first-order valence-electron chi connectivity index (χ1n) is 8.58. The van der Waals surface area contributed by atoms with Gasteiger partial charge >= 0.3 is 6.18 Å². The van der Waals surface area contributed by atoms with Crippen molar-refractivity contribution in [3.8, 4) is 0 Å². The molecular formula is C18H20F5N3O. The van der Waals surface area contributed by atoms with Crippen LogP contribution in [0, 0.1) is 17.6 Å². The van der Waals surface area contributed by atoms with E-state index in [0.717, 1.165) is 24.4 Å². The summed E-state index contributed by atoms with van der Waals surface area (Å²) in [6, 6.07) is 2.91. The largest absolute Gasteiger partial charge is 0.434 e. The third-order valence-corrected chi connectivity index (χ3v) is 4.75. The van der Waals surface area contributed by atoms with Crippen molar-refractivity contribution >= 4 is 0 Å². The summed E-state index contributed by atoms with van der Waals surface area (Å²) in [5, 5.41) is 10.2. The van der Waals surface area contributed by atoms with Crippen molar-refractivity contribution in [3.63, 3.8) is 0 Å². The number of aliphatic hydroxyl groups excluding tert-OH is 1. The SMILES string of the molecule is CN(C[C@H]1CCc2nc(C(F)(F)F)cn2C1)C[C@H](O)c1cc(F)ccc1F. The highest BCUT2D eigenvalue weighted by atomic mass is 19.4. The minimum absolute atomic E-state index is 0.0716. The van der Waals surface area contributed by atoms with Crippen LogP contribution < -0.4 is 0 Å². The van der Waals surface area contributed by atoms with Gasteiger partial charge in [-0.25, -0.2) is 13.8 Å². The maximum atomic E-state index is 13.7. The first kappa shape index (κ1) is 19.8. The van der Waals surface area contributed by atoms with Crippen LogP contribution in [0.25, 0.3) is 0 Å². The van der Waals surface area contributed by atoms with Crippen LogP contribution in [0.15, 0.2) is 24.4 Å². The van der Waals surface area contributed by atoms with Gasteiger partial charge in [0.2, 0.25) is 0 Å². The van der Waals surface area contributed by atoms with E-state index in [0.29, 0.717) is 31.8 Å². The Labute approximate surface area is 153 Å². The Bertz CT molecular complexity index is 805. The van der Waals surface area contributed by atoms with Gasteiger partial charge in [0.25, 0.3) is 0 Å². The molecule has 3 rings (SSSR count). The fourth-order valence-corrected chi connectivity index (χ4v) is 3.48. The topological polar surface area (TPSA) is 41.3 Å². The monoisotopic (exact) mass is 389 g/mol. The molecule has 4 nitrogen and oxygen atoms in total. The van der Waals surface area contributed by atoms with Gasteiger partial charge in [0.15, 0.2) is 5.69 Å². The first-order chi connectivity index (χ1) is 12.6. The van der Waals surface area contributed by atoms with Gasteiger partial charge in [0.1, 0.15) is 17.5 Å². The van der Waals surface area contributed by atoms with Crippen LogP contribution in [0.5, 0.6) is 0 Å². The lowest BCUT2D eigenvalue weighted by Gasteiger charge is -2.29. The number of imidazole rings is 1. The zero-order chi connectivity index (χ0) is 19.8. The molecule has 2 aromatic rings. The molecule has 1 N–H and O–H groups in total. The molecule has 0 bridgehead atoms. The third kappa shape index (κ3) is 4.65. The highest BCUT2D eigenvalue weighted by molar-refractivity contribution is 5.21. The second kappa shape index (κ2) is 7.55. The number of halogens is 5. The fraction of sp³-hybridized carbons (Fsp3) is 0.500. The minimum atomic E-state index is -4.46. The second-order valence-corrected chi connectivity index (χ2v) is 7.00. The number of hydrogen-bond donors (Lipinski definition) is 1. The predicted molar refractivity (Wildman–Crippen MR) is 87.9 cm³/mol. The molecule has 0 saturated carbocycles. The summed E-state index contributed by atoms with van der Waals surface area (Å²) in [7, 11) is 1.73. The van der Waals surface area contributed by atoms with Crippen molar-refractivity contribution in [1.29, 1.82) is 0 Å². The quantitative estimate of drug-likeness (QED) is 0.797. The van der Waals surface area contributed by atoms with Gasteiger partial charge in [0.05, 0.1) is 6.10 Å². The summed E-state index contributed by atoms with van der Waals surface area (Å²) in [4.78, 5) is 5.42. The highest BCUT2D eigenvalue weighted by Gasteiger charge is 2.35. The molecule has 0 unspecified atom stereocenters. The van der Waals surface area contributed by atoms with Gasteiger partial charge in [-0.3, -0.25) is 0 Å². The number of rotatable bonds is 5. The van der Waals surface area contributed by atoms with Crippen LogP contribution >= 0.6 is 0 Å². The number of nitrogens with zero attached hydrogens (tertiary/aromatic N) is 3. The number of aliphatic hydroxyl groups is 1. The number of aromatic nitrogens is 2. The Morgan fingerprint density at radius 1 is 1.33 bits per heavy atom.